The number of nitrogens with two attached hydrogens (primary N) is 1. The van der Waals surface area contributed by atoms with Gasteiger partial charge in [0.05, 0.1) is 4.90 Å². The summed E-state index contributed by atoms with van der Waals surface area (Å²) in [7, 11) is -3.79. The molecule has 1 aliphatic rings. The Bertz CT molecular complexity index is 554. The molecule has 1 aromatic carbocycles. The monoisotopic (exact) mass is 312 g/mol. The molecule has 1 saturated heterocycles. The molecule has 0 aromatic heterocycles. The van der Waals surface area contributed by atoms with Crippen LogP contribution >= 0.6 is 12.4 Å². The number of benzene rings is 1. The number of hydrogen-bond donors (Lipinski definition) is 1. The second kappa shape index (κ2) is 6.13. The van der Waals surface area contributed by atoms with Gasteiger partial charge in [0.25, 0.3) is 0 Å². The van der Waals surface area contributed by atoms with E-state index in [0.717, 1.165) is 18.6 Å². The van der Waals surface area contributed by atoms with Gasteiger partial charge < -0.3 is 5.73 Å². The summed E-state index contributed by atoms with van der Waals surface area (Å²) >= 11 is 0. The van der Waals surface area contributed by atoms with E-state index in [-0.39, 0.29) is 29.9 Å². The molecule has 0 bridgehead atoms. The second-order valence-electron chi connectivity index (χ2n) is 4.34. The largest absolute Gasteiger partial charge is 0.327 e. The van der Waals surface area contributed by atoms with Crippen LogP contribution in [0.5, 0.6) is 0 Å². The number of sulfonamides is 1. The lowest BCUT2D eigenvalue weighted by Crippen LogP contribution is -2.45. The summed E-state index contributed by atoms with van der Waals surface area (Å²) in [6, 6.07) is 2.36. The third kappa shape index (κ3) is 3.42. The summed E-state index contributed by atoms with van der Waals surface area (Å²) in [6.45, 7) is 0.566. The van der Waals surface area contributed by atoms with E-state index in [1.807, 2.05) is 0 Å². The molecule has 8 heteroatoms. The Labute approximate surface area is 117 Å². The van der Waals surface area contributed by atoms with Crippen molar-refractivity contribution in [1.29, 1.82) is 0 Å². The highest BCUT2D eigenvalue weighted by atomic mass is 35.5. The van der Waals surface area contributed by atoms with E-state index in [1.54, 1.807) is 0 Å². The van der Waals surface area contributed by atoms with E-state index in [0.29, 0.717) is 19.0 Å². The van der Waals surface area contributed by atoms with Crippen molar-refractivity contribution in [2.24, 2.45) is 5.73 Å². The van der Waals surface area contributed by atoms with Crippen LogP contribution in [-0.4, -0.2) is 31.9 Å². The molecule has 0 amide bonds. The standard InChI is InChI=1S/C11H14F2N2O2S.ClH/c12-10-4-3-9(6-11(10)13)18(16,17)15-5-1-2-8(14)7-15;/h3-4,6,8H,1-2,5,7,14H2;1H. The molecule has 19 heavy (non-hydrogen) atoms. The van der Waals surface area contributed by atoms with Crippen LogP contribution in [0.25, 0.3) is 0 Å². The first-order chi connectivity index (χ1) is 8.41. The van der Waals surface area contributed by atoms with Crippen LogP contribution in [0.4, 0.5) is 8.78 Å². The molecule has 0 saturated carbocycles. The van der Waals surface area contributed by atoms with Crippen molar-refractivity contribution in [1.82, 2.24) is 4.31 Å². The molecule has 0 radical (unpaired) electrons. The number of halogens is 3. The number of hydrogen-bond acceptors (Lipinski definition) is 3. The fourth-order valence-electron chi connectivity index (χ4n) is 1.98. The average Bonchev–Trinajstić information content (AvgIpc) is 2.32. The fraction of sp³-hybridized carbons (Fsp3) is 0.455. The third-order valence-electron chi connectivity index (χ3n) is 2.95. The lowest BCUT2D eigenvalue weighted by Gasteiger charge is -2.29. The molecule has 1 fully saturated rings. The molecule has 1 heterocycles. The molecule has 2 N–H and O–H groups in total. The zero-order valence-electron chi connectivity index (χ0n) is 10.1. The quantitative estimate of drug-likeness (QED) is 0.900. The van der Waals surface area contributed by atoms with Gasteiger partial charge in [-0.25, -0.2) is 17.2 Å². The van der Waals surface area contributed by atoms with Gasteiger partial charge in [0.1, 0.15) is 0 Å². The molecule has 2 rings (SSSR count). The fourth-order valence-corrected chi connectivity index (χ4v) is 3.53. The molecule has 1 unspecified atom stereocenters. The molecule has 0 spiro atoms. The van der Waals surface area contributed by atoms with Crippen molar-refractivity contribution in [3.63, 3.8) is 0 Å². The van der Waals surface area contributed by atoms with Crippen molar-refractivity contribution in [2.75, 3.05) is 13.1 Å². The first kappa shape index (κ1) is 16.3. The van der Waals surface area contributed by atoms with Crippen LogP contribution in [0.1, 0.15) is 12.8 Å². The van der Waals surface area contributed by atoms with Crippen molar-refractivity contribution < 1.29 is 17.2 Å². The maximum absolute atomic E-state index is 13.1. The SMILES string of the molecule is Cl.NC1CCCN(S(=O)(=O)c2ccc(F)c(F)c2)C1. The molecule has 1 atom stereocenters. The van der Waals surface area contributed by atoms with Gasteiger partial charge in [-0.15, -0.1) is 12.4 Å². The van der Waals surface area contributed by atoms with Crippen LogP contribution in [0.2, 0.25) is 0 Å². The summed E-state index contributed by atoms with van der Waals surface area (Å²) in [5.74, 6) is -2.23. The van der Waals surface area contributed by atoms with Gasteiger partial charge in [0.15, 0.2) is 11.6 Å². The van der Waals surface area contributed by atoms with Gasteiger partial charge in [0.2, 0.25) is 10.0 Å². The number of nitrogens with zero attached hydrogens (tertiary/aromatic N) is 1. The highest BCUT2D eigenvalue weighted by Crippen LogP contribution is 2.21. The second-order valence-corrected chi connectivity index (χ2v) is 6.28. The van der Waals surface area contributed by atoms with Gasteiger partial charge in [-0.1, -0.05) is 0 Å². The molecule has 1 aromatic rings. The first-order valence-electron chi connectivity index (χ1n) is 5.62. The van der Waals surface area contributed by atoms with E-state index in [2.05, 4.69) is 0 Å². The van der Waals surface area contributed by atoms with Crippen molar-refractivity contribution >= 4 is 22.4 Å². The minimum absolute atomic E-state index is 0. The Morgan fingerprint density at radius 3 is 2.53 bits per heavy atom. The predicted molar refractivity (Wildman–Crippen MR) is 69.6 cm³/mol. The normalized spacial score (nSPS) is 20.9. The maximum Gasteiger partial charge on any atom is 0.243 e. The topological polar surface area (TPSA) is 63.4 Å². The summed E-state index contributed by atoms with van der Waals surface area (Å²) < 4.78 is 51.4. The maximum atomic E-state index is 13.1. The molecule has 1 aliphatic heterocycles. The van der Waals surface area contributed by atoms with Gasteiger partial charge in [-0.05, 0) is 31.0 Å². The molecular formula is C11H15ClF2N2O2S. The minimum Gasteiger partial charge on any atom is -0.327 e. The Kier molecular flexibility index (Phi) is 5.26. The lowest BCUT2D eigenvalue weighted by molar-refractivity contribution is 0.316. The van der Waals surface area contributed by atoms with Gasteiger partial charge in [-0.3, -0.25) is 0 Å². The van der Waals surface area contributed by atoms with Crippen LogP contribution in [0.15, 0.2) is 23.1 Å². The zero-order valence-corrected chi connectivity index (χ0v) is 11.7. The summed E-state index contributed by atoms with van der Waals surface area (Å²) in [5.41, 5.74) is 5.71. The summed E-state index contributed by atoms with van der Waals surface area (Å²) in [6.07, 6.45) is 1.44. The molecular weight excluding hydrogens is 298 g/mol. The number of piperidine rings is 1. The van der Waals surface area contributed by atoms with E-state index in [9.17, 15) is 17.2 Å². The van der Waals surface area contributed by atoms with E-state index < -0.39 is 21.7 Å². The average molecular weight is 313 g/mol. The Morgan fingerprint density at radius 2 is 1.95 bits per heavy atom. The van der Waals surface area contributed by atoms with Crippen molar-refractivity contribution in [3.05, 3.63) is 29.8 Å². The van der Waals surface area contributed by atoms with E-state index in [4.69, 9.17) is 5.73 Å². The van der Waals surface area contributed by atoms with E-state index in [1.165, 1.54) is 4.31 Å². The Balaban J connectivity index is 0.00000180. The highest BCUT2D eigenvalue weighted by molar-refractivity contribution is 7.89. The zero-order chi connectivity index (χ0) is 13.3. The van der Waals surface area contributed by atoms with Crippen LogP contribution in [0, 0.1) is 11.6 Å². The Hall–Kier alpha value is -0.760. The number of rotatable bonds is 2. The molecule has 108 valence electrons. The minimum atomic E-state index is -3.79. The lowest BCUT2D eigenvalue weighted by atomic mass is 10.1. The third-order valence-corrected chi connectivity index (χ3v) is 4.81. The summed E-state index contributed by atoms with van der Waals surface area (Å²) in [5, 5.41) is 0. The van der Waals surface area contributed by atoms with Crippen LogP contribution < -0.4 is 5.73 Å². The van der Waals surface area contributed by atoms with E-state index >= 15 is 0 Å². The molecule has 4 nitrogen and oxygen atoms in total. The highest BCUT2D eigenvalue weighted by Gasteiger charge is 2.29. The van der Waals surface area contributed by atoms with Crippen molar-refractivity contribution in [3.8, 4) is 0 Å². The predicted octanol–water partition coefficient (Wildman–Crippen LogP) is 1.50. The smallest absolute Gasteiger partial charge is 0.243 e. The molecule has 0 aliphatic carbocycles. The Morgan fingerprint density at radius 1 is 1.26 bits per heavy atom. The first-order valence-corrected chi connectivity index (χ1v) is 7.06. The van der Waals surface area contributed by atoms with Crippen LogP contribution in [-0.2, 0) is 10.0 Å². The van der Waals surface area contributed by atoms with Gasteiger partial charge >= 0.3 is 0 Å². The van der Waals surface area contributed by atoms with Gasteiger partial charge in [0, 0.05) is 19.1 Å². The van der Waals surface area contributed by atoms with Crippen molar-refractivity contribution in [2.45, 2.75) is 23.8 Å². The summed E-state index contributed by atoms with van der Waals surface area (Å²) in [4.78, 5) is -0.240. The van der Waals surface area contributed by atoms with Crippen LogP contribution in [0.3, 0.4) is 0 Å². The van der Waals surface area contributed by atoms with Gasteiger partial charge in [-0.2, -0.15) is 4.31 Å².